The Kier molecular flexibility index (Phi) is 5.79. The van der Waals surface area contributed by atoms with Gasteiger partial charge in [-0.1, -0.05) is 0 Å². The van der Waals surface area contributed by atoms with E-state index in [0.717, 1.165) is 82.6 Å². The minimum atomic E-state index is -0.221. The molecule has 3 aliphatic heterocycles. The highest BCUT2D eigenvalue weighted by Crippen LogP contribution is 2.19. The van der Waals surface area contributed by atoms with Crippen molar-refractivity contribution in [2.24, 2.45) is 10.9 Å². The second-order valence-electron chi connectivity index (χ2n) is 7.92. The second-order valence-corrected chi connectivity index (χ2v) is 7.92. The summed E-state index contributed by atoms with van der Waals surface area (Å²) in [4.78, 5) is 21.2. The van der Waals surface area contributed by atoms with Crippen LogP contribution in [0, 0.1) is 12.8 Å². The molecule has 0 aromatic carbocycles. The fourth-order valence-corrected chi connectivity index (χ4v) is 4.38. The zero-order valence-electron chi connectivity index (χ0n) is 16.9. The first kappa shape index (κ1) is 19.2. The molecule has 0 saturated carbocycles. The lowest BCUT2D eigenvalue weighted by Crippen LogP contribution is -2.55. The number of guanidine groups is 1. The van der Waals surface area contributed by atoms with E-state index in [0.29, 0.717) is 12.5 Å². The number of aromatic nitrogens is 3. The molecule has 2 atom stereocenters. The van der Waals surface area contributed by atoms with Crippen molar-refractivity contribution in [2.45, 2.75) is 45.3 Å². The Balaban J connectivity index is 1.25. The molecule has 28 heavy (non-hydrogen) atoms. The number of nitrogens with one attached hydrogen (secondary N) is 1. The maximum Gasteiger partial charge on any atom is 0.251 e. The van der Waals surface area contributed by atoms with Crippen molar-refractivity contribution in [1.29, 1.82) is 0 Å². The van der Waals surface area contributed by atoms with E-state index in [1.54, 1.807) is 0 Å². The summed E-state index contributed by atoms with van der Waals surface area (Å²) in [7, 11) is 1.83. The largest absolute Gasteiger partial charge is 0.368 e. The lowest BCUT2D eigenvalue weighted by Gasteiger charge is -2.37. The number of piperazine rings is 1. The van der Waals surface area contributed by atoms with E-state index < -0.39 is 0 Å². The van der Waals surface area contributed by atoms with Crippen molar-refractivity contribution in [1.82, 2.24) is 29.9 Å². The summed E-state index contributed by atoms with van der Waals surface area (Å²) in [6.07, 6.45) is 3.73. The lowest BCUT2D eigenvalue weighted by atomic mass is 9.99. The molecule has 1 aromatic heterocycles. The number of carbonyl (C=O) groups excluding carboxylic acids is 1. The minimum absolute atomic E-state index is 0.155. The van der Waals surface area contributed by atoms with Gasteiger partial charge in [0, 0.05) is 59.3 Å². The van der Waals surface area contributed by atoms with E-state index in [1.807, 2.05) is 18.9 Å². The highest BCUT2D eigenvalue weighted by molar-refractivity contribution is 5.82. The fourth-order valence-electron chi connectivity index (χ4n) is 4.38. The van der Waals surface area contributed by atoms with Crippen LogP contribution in [-0.4, -0.2) is 88.9 Å². The van der Waals surface area contributed by atoms with Crippen molar-refractivity contribution in [3.63, 3.8) is 0 Å². The number of hydrogen-bond donors (Lipinski definition) is 1. The van der Waals surface area contributed by atoms with Crippen molar-refractivity contribution >= 4 is 11.9 Å². The molecule has 0 bridgehead atoms. The van der Waals surface area contributed by atoms with Gasteiger partial charge in [-0.3, -0.25) is 9.79 Å². The SMILES string of the molecule is CN=C(NCC1CCc2nnc(C)n2C1)N1CCN(C(=O)C2CCCO2)CC1. The summed E-state index contributed by atoms with van der Waals surface area (Å²) in [5, 5.41) is 12.0. The monoisotopic (exact) mass is 389 g/mol. The number of fused-ring (bicyclic) bond motifs is 1. The Labute approximate surface area is 166 Å². The first-order chi connectivity index (χ1) is 13.7. The molecule has 1 amide bonds. The van der Waals surface area contributed by atoms with Crippen molar-refractivity contribution < 1.29 is 9.53 Å². The predicted octanol–water partition coefficient (Wildman–Crippen LogP) is 0.0475. The molecule has 0 radical (unpaired) electrons. The zero-order chi connectivity index (χ0) is 19.5. The third-order valence-corrected chi connectivity index (χ3v) is 6.09. The maximum absolute atomic E-state index is 12.5. The fraction of sp³-hybridized carbons (Fsp3) is 0.789. The van der Waals surface area contributed by atoms with Gasteiger partial charge in [0.1, 0.15) is 17.8 Å². The molecule has 4 rings (SSSR count). The first-order valence-corrected chi connectivity index (χ1v) is 10.4. The van der Waals surface area contributed by atoms with Gasteiger partial charge in [-0.25, -0.2) is 0 Å². The molecule has 0 aliphatic carbocycles. The van der Waals surface area contributed by atoms with Gasteiger partial charge in [0.25, 0.3) is 5.91 Å². The molecule has 4 heterocycles. The number of ether oxygens (including phenoxy) is 1. The number of amides is 1. The average molecular weight is 390 g/mol. The lowest BCUT2D eigenvalue weighted by molar-refractivity contribution is -0.142. The molecular formula is C19H31N7O2. The third kappa shape index (κ3) is 3.99. The molecule has 1 aromatic rings. The normalized spacial score (nSPS) is 25.7. The Morgan fingerprint density at radius 1 is 1.21 bits per heavy atom. The Morgan fingerprint density at radius 2 is 2.00 bits per heavy atom. The van der Waals surface area contributed by atoms with Gasteiger partial charge in [0.2, 0.25) is 0 Å². The second kappa shape index (κ2) is 8.46. The molecule has 154 valence electrons. The summed E-state index contributed by atoms with van der Waals surface area (Å²) < 4.78 is 7.78. The van der Waals surface area contributed by atoms with Crippen LogP contribution in [0.2, 0.25) is 0 Å². The van der Waals surface area contributed by atoms with Crippen LogP contribution < -0.4 is 5.32 Å². The van der Waals surface area contributed by atoms with E-state index in [1.165, 1.54) is 0 Å². The number of aliphatic imine (C=N–C) groups is 1. The van der Waals surface area contributed by atoms with Gasteiger partial charge in [-0.15, -0.1) is 10.2 Å². The summed E-state index contributed by atoms with van der Waals surface area (Å²) >= 11 is 0. The maximum atomic E-state index is 12.5. The Hall–Kier alpha value is -2.16. The predicted molar refractivity (Wildman–Crippen MR) is 105 cm³/mol. The molecule has 3 aliphatic rings. The van der Waals surface area contributed by atoms with Crippen LogP contribution >= 0.6 is 0 Å². The van der Waals surface area contributed by atoms with Gasteiger partial charge < -0.3 is 24.4 Å². The van der Waals surface area contributed by atoms with Crippen molar-refractivity contribution in [3.05, 3.63) is 11.6 Å². The molecule has 1 N–H and O–H groups in total. The molecule has 2 saturated heterocycles. The van der Waals surface area contributed by atoms with E-state index in [9.17, 15) is 4.79 Å². The Morgan fingerprint density at radius 3 is 2.71 bits per heavy atom. The number of rotatable bonds is 3. The van der Waals surface area contributed by atoms with E-state index in [4.69, 9.17) is 4.74 Å². The van der Waals surface area contributed by atoms with Gasteiger partial charge in [0.05, 0.1) is 0 Å². The summed E-state index contributed by atoms with van der Waals surface area (Å²) in [5.74, 6) is 3.72. The molecule has 2 fully saturated rings. The quantitative estimate of drug-likeness (QED) is 0.581. The highest BCUT2D eigenvalue weighted by Gasteiger charge is 2.31. The number of carbonyl (C=O) groups is 1. The topological polar surface area (TPSA) is 87.9 Å². The summed E-state index contributed by atoms with van der Waals surface area (Å²) in [6.45, 7) is 7.64. The van der Waals surface area contributed by atoms with Gasteiger partial charge in [0.15, 0.2) is 5.96 Å². The summed E-state index contributed by atoms with van der Waals surface area (Å²) in [5.41, 5.74) is 0. The van der Waals surface area contributed by atoms with Crippen LogP contribution in [0.5, 0.6) is 0 Å². The number of aryl methyl sites for hydroxylation is 2. The van der Waals surface area contributed by atoms with Gasteiger partial charge in [-0.2, -0.15) is 0 Å². The average Bonchev–Trinajstić information content (AvgIpc) is 3.39. The molecule has 9 heteroatoms. The highest BCUT2D eigenvalue weighted by atomic mass is 16.5. The molecule has 9 nitrogen and oxygen atoms in total. The Bertz CT molecular complexity index is 718. The van der Waals surface area contributed by atoms with E-state index in [2.05, 4.69) is 30.0 Å². The van der Waals surface area contributed by atoms with Crippen molar-refractivity contribution in [3.8, 4) is 0 Å². The van der Waals surface area contributed by atoms with Gasteiger partial charge in [-0.05, 0) is 32.1 Å². The van der Waals surface area contributed by atoms with E-state index in [-0.39, 0.29) is 12.0 Å². The van der Waals surface area contributed by atoms with E-state index >= 15 is 0 Å². The number of nitrogens with zero attached hydrogens (tertiary/aromatic N) is 6. The standard InChI is InChI=1S/C19H31N7O2/c1-14-22-23-17-6-5-15(13-26(14)17)12-21-19(20-2)25-9-7-24(8-10-25)18(27)16-4-3-11-28-16/h15-16H,3-13H2,1-2H3,(H,20,21). The van der Waals surface area contributed by atoms with Crippen molar-refractivity contribution in [2.75, 3.05) is 46.4 Å². The minimum Gasteiger partial charge on any atom is -0.368 e. The van der Waals surface area contributed by atoms with Crippen LogP contribution in [0.4, 0.5) is 0 Å². The summed E-state index contributed by atoms with van der Waals surface area (Å²) in [6, 6.07) is 0. The third-order valence-electron chi connectivity index (χ3n) is 6.09. The number of hydrogen-bond acceptors (Lipinski definition) is 5. The zero-order valence-corrected chi connectivity index (χ0v) is 16.9. The van der Waals surface area contributed by atoms with Crippen LogP contribution in [0.1, 0.15) is 30.9 Å². The van der Waals surface area contributed by atoms with Crippen LogP contribution in [0.15, 0.2) is 4.99 Å². The van der Waals surface area contributed by atoms with Crippen LogP contribution in [0.3, 0.4) is 0 Å². The first-order valence-electron chi connectivity index (χ1n) is 10.4. The smallest absolute Gasteiger partial charge is 0.251 e. The molecule has 0 spiro atoms. The molecular weight excluding hydrogens is 358 g/mol. The van der Waals surface area contributed by atoms with Crippen LogP contribution in [-0.2, 0) is 22.5 Å². The van der Waals surface area contributed by atoms with Crippen LogP contribution in [0.25, 0.3) is 0 Å². The van der Waals surface area contributed by atoms with Gasteiger partial charge >= 0.3 is 0 Å². The molecule has 2 unspecified atom stereocenters.